The highest BCUT2D eigenvalue weighted by molar-refractivity contribution is 7.14. The second-order valence-electron chi connectivity index (χ2n) is 4.31. The van der Waals surface area contributed by atoms with Gasteiger partial charge < -0.3 is 10.1 Å². The molecule has 0 saturated heterocycles. The zero-order chi connectivity index (χ0) is 17.2. The predicted molar refractivity (Wildman–Crippen MR) is 72.9 cm³/mol. The van der Waals surface area contributed by atoms with Gasteiger partial charge in [0.05, 0.1) is 11.9 Å². The largest absolute Gasteiger partial charge is 0.433 e. The van der Waals surface area contributed by atoms with Gasteiger partial charge in [0.2, 0.25) is 0 Å². The Kier molecular flexibility index (Phi) is 4.83. The van der Waals surface area contributed by atoms with E-state index in [9.17, 15) is 26.7 Å². The SMILES string of the molecule is Cc1cc(OC(F)F)c(C(=O)Nc2ccc(C(F)(F)F)nc2)s1. The lowest BCUT2D eigenvalue weighted by molar-refractivity contribution is -0.141. The van der Waals surface area contributed by atoms with E-state index in [1.165, 1.54) is 6.07 Å². The van der Waals surface area contributed by atoms with Crippen LogP contribution in [0.3, 0.4) is 0 Å². The fraction of sp³-hybridized carbons (Fsp3) is 0.231. The van der Waals surface area contributed by atoms with Gasteiger partial charge in [0.1, 0.15) is 16.3 Å². The van der Waals surface area contributed by atoms with Gasteiger partial charge in [0.15, 0.2) is 0 Å². The van der Waals surface area contributed by atoms with E-state index in [4.69, 9.17) is 0 Å². The molecule has 0 aliphatic heterocycles. The number of aryl methyl sites for hydroxylation is 1. The first-order valence-electron chi connectivity index (χ1n) is 6.06. The van der Waals surface area contributed by atoms with Gasteiger partial charge in [0, 0.05) is 4.88 Å². The molecule has 0 atom stereocenters. The first kappa shape index (κ1) is 17.1. The van der Waals surface area contributed by atoms with Crippen LogP contribution in [0.1, 0.15) is 20.2 Å². The third-order valence-corrected chi connectivity index (χ3v) is 3.59. The van der Waals surface area contributed by atoms with Crippen molar-refractivity contribution in [3.63, 3.8) is 0 Å². The van der Waals surface area contributed by atoms with Crippen molar-refractivity contribution in [1.29, 1.82) is 0 Å². The molecule has 0 aliphatic rings. The molecule has 2 aromatic heterocycles. The van der Waals surface area contributed by atoms with E-state index >= 15 is 0 Å². The predicted octanol–water partition coefficient (Wildman–Crippen LogP) is 4.32. The summed E-state index contributed by atoms with van der Waals surface area (Å²) in [6, 6.07) is 2.99. The van der Waals surface area contributed by atoms with Crippen molar-refractivity contribution >= 4 is 22.9 Å². The standard InChI is InChI=1S/C13H9F5N2O2S/c1-6-4-8(22-12(14)15)10(23-6)11(21)20-7-2-3-9(19-5-7)13(16,17)18/h2-5,12H,1H3,(H,20,21). The Labute approximate surface area is 130 Å². The van der Waals surface area contributed by atoms with Gasteiger partial charge in [-0.2, -0.15) is 22.0 Å². The van der Waals surface area contributed by atoms with E-state index in [2.05, 4.69) is 15.0 Å². The third-order valence-electron chi connectivity index (χ3n) is 2.56. The van der Waals surface area contributed by atoms with Gasteiger partial charge in [-0.3, -0.25) is 4.79 Å². The van der Waals surface area contributed by atoms with Crippen molar-refractivity contribution in [1.82, 2.24) is 4.98 Å². The van der Waals surface area contributed by atoms with Crippen LogP contribution in [-0.4, -0.2) is 17.5 Å². The van der Waals surface area contributed by atoms with Crippen molar-refractivity contribution in [2.75, 3.05) is 5.32 Å². The van der Waals surface area contributed by atoms with Gasteiger partial charge in [-0.15, -0.1) is 11.3 Å². The maximum atomic E-state index is 12.4. The Bertz CT molecular complexity index is 697. The monoisotopic (exact) mass is 352 g/mol. The molecule has 2 rings (SSSR count). The maximum absolute atomic E-state index is 12.4. The number of alkyl halides is 5. The summed E-state index contributed by atoms with van der Waals surface area (Å²) >= 11 is 0.920. The highest BCUT2D eigenvalue weighted by Gasteiger charge is 2.32. The van der Waals surface area contributed by atoms with Crippen LogP contribution in [0.25, 0.3) is 0 Å². The van der Waals surface area contributed by atoms with Crippen LogP contribution in [0.4, 0.5) is 27.6 Å². The number of hydrogen-bond acceptors (Lipinski definition) is 4. The van der Waals surface area contributed by atoms with E-state index in [1.54, 1.807) is 6.92 Å². The summed E-state index contributed by atoms with van der Waals surface area (Å²) in [6.45, 7) is -1.50. The van der Waals surface area contributed by atoms with Crippen molar-refractivity contribution in [2.24, 2.45) is 0 Å². The summed E-state index contributed by atoms with van der Waals surface area (Å²) in [7, 11) is 0. The lowest BCUT2D eigenvalue weighted by atomic mass is 10.3. The van der Waals surface area contributed by atoms with Gasteiger partial charge in [-0.25, -0.2) is 4.98 Å². The summed E-state index contributed by atoms with van der Waals surface area (Å²) in [5, 5.41) is 2.28. The normalized spacial score (nSPS) is 11.6. The number of hydrogen-bond donors (Lipinski definition) is 1. The highest BCUT2D eigenvalue weighted by atomic mass is 32.1. The zero-order valence-electron chi connectivity index (χ0n) is 11.4. The van der Waals surface area contributed by atoms with Gasteiger partial charge >= 0.3 is 12.8 Å². The number of amides is 1. The minimum absolute atomic E-state index is 0.00273. The molecule has 124 valence electrons. The molecule has 10 heteroatoms. The quantitative estimate of drug-likeness (QED) is 0.834. The first-order chi connectivity index (χ1) is 10.7. The Morgan fingerprint density at radius 3 is 2.57 bits per heavy atom. The molecular formula is C13H9F5N2O2S. The summed E-state index contributed by atoms with van der Waals surface area (Å²) < 4.78 is 66.0. The molecule has 0 spiro atoms. The molecule has 0 radical (unpaired) electrons. The Morgan fingerprint density at radius 1 is 1.35 bits per heavy atom. The van der Waals surface area contributed by atoms with Crippen LogP contribution < -0.4 is 10.1 Å². The topological polar surface area (TPSA) is 51.2 Å². The summed E-state index contributed by atoms with van der Waals surface area (Å²) in [5.41, 5.74) is -1.11. The molecule has 1 N–H and O–H groups in total. The van der Waals surface area contributed by atoms with E-state index in [-0.39, 0.29) is 16.3 Å². The van der Waals surface area contributed by atoms with Crippen molar-refractivity contribution in [3.05, 3.63) is 39.8 Å². The number of carbonyl (C=O) groups is 1. The fourth-order valence-corrected chi connectivity index (χ4v) is 2.50. The molecule has 0 saturated carbocycles. The minimum Gasteiger partial charge on any atom is -0.433 e. The summed E-state index contributed by atoms with van der Waals surface area (Å²) in [5.74, 6) is -1.07. The van der Waals surface area contributed by atoms with Crippen LogP contribution in [0, 0.1) is 6.92 Å². The van der Waals surface area contributed by atoms with E-state index in [0.717, 1.165) is 23.6 Å². The minimum atomic E-state index is -4.59. The van der Waals surface area contributed by atoms with Crippen LogP contribution >= 0.6 is 11.3 Å². The lowest BCUT2D eigenvalue weighted by Crippen LogP contribution is -2.14. The second kappa shape index (κ2) is 6.49. The number of halogens is 5. The molecule has 0 bridgehead atoms. The fourth-order valence-electron chi connectivity index (χ4n) is 1.66. The molecule has 1 amide bonds. The molecule has 0 aromatic carbocycles. The van der Waals surface area contributed by atoms with E-state index in [1.807, 2.05) is 0 Å². The number of rotatable bonds is 4. The molecular weight excluding hydrogens is 343 g/mol. The molecule has 2 heterocycles. The summed E-state index contributed by atoms with van der Waals surface area (Å²) in [6.07, 6.45) is -3.76. The van der Waals surface area contributed by atoms with Crippen molar-refractivity contribution in [3.8, 4) is 5.75 Å². The highest BCUT2D eigenvalue weighted by Crippen LogP contribution is 2.31. The number of nitrogens with one attached hydrogen (secondary N) is 1. The molecule has 2 aromatic rings. The van der Waals surface area contributed by atoms with Crippen LogP contribution in [0.5, 0.6) is 5.75 Å². The van der Waals surface area contributed by atoms with Gasteiger partial charge in [-0.1, -0.05) is 0 Å². The average molecular weight is 352 g/mol. The molecule has 0 unspecified atom stereocenters. The zero-order valence-corrected chi connectivity index (χ0v) is 12.3. The third kappa shape index (κ3) is 4.38. The number of nitrogens with zero attached hydrogens (tertiary/aromatic N) is 1. The number of anilines is 1. The smallest absolute Gasteiger partial charge is 0.433 e. The molecule has 0 aliphatic carbocycles. The Morgan fingerprint density at radius 2 is 2.04 bits per heavy atom. The maximum Gasteiger partial charge on any atom is 0.433 e. The molecule has 4 nitrogen and oxygen atoms in total. The van der Waals surface area contributed by atoms with Gasteiger partial charge in [-0.05, 0) is 25.1 Å². The Hall–Kier alpha value is -2.23. The lowest BCUT2D eigenvalue weighted by Gasteiger charge is -2.08. The van der Waals surface area contributed by atoms with Crippen molar-refractivity contribution in [2.45, 2.75) is 19.7 Å². The summed E-state index contributed by atoms with van der Waals surface area (Å²) in [4.78, 5) is 15.7. The first-order valence-corrected chi connectivity index (χ1v) is 6.88. The number of thiophene rings is 1. The number of aromatic nitrogens is 1. The average Bonchev–Trinajstić information content (AvgIpc) is 2.78. The number of pyridine rings is 1. The van der Waals surface area contributed by atoms with Crippen LogP contribution in [-0.2, 0) is 6.18 Å². The van der Waals surface area contributed by atoms with Gasteiger partial charge in [0.25, 0.3) is 5.91 Å². The number of ether oxygens (including phenoxy) is 1. The number of carbonyl (C=O) groups excluding carboxylic acids is 1. The van der Waals surface area contributed by atoms with Crippen molar-refractivity contribution < 1.29 is 31.5 Å². The van der Waals surface area contributed by atoms with E-state index in [0.29, 0.717) is 10.9 Å². The Balaban J connectivity index is 2.16. The second-order valence-corrected chi connectivity index (χ2v) is 5.57. The molecule has 0 fully saturated rings. The van der Waals surface area contributed by atoms with E-state index < -0.39 is 24.4 Å². The van der Waals surface area contributed by atoms with Crippen LogP contribution in [0.15, 0.2) is 24.4 Å². The molecule has 23 heavy (non-hydrogen) atoms. The van der Waals surface area contributed by atoms with Crippen LogP contribution in [0.2, 0.25) is 0 Å².